The van der Waals surface area contributed by atoms with Crippen molar-refractivity contribution in [2.24, 2.45) is 0 Å². The van der Waals surface area contributed by atoms with Gasteiger partial charge in [0, 0.05) is 24.4 Å². The number of hydrogen-bond acceptors (Lipinski definition) is 8. The summed E-state index contributed by atoms with van der Waals surface area (Å²) >= 11 is -2.33. The summed E-state index contributed by atoms with van der Waals surface area (Å²) in [4.78, 5) is 9.43. The molecule has 0 bridgehead atoms. The summed E-state index contributed by atoms with van der Waals surface area (Å²) in [6, 6.07) is 11.7. The monoisotopic (exact) mass is 555 g/mol. The molecule has 1 unspecified atom stereocenters. The molecule has 3 aromatic rings. The molecule has 1 aliphatic heterocycles. The Bertz CT molecular complexity index is 1390. The van der Waals surface area contributed by atoms with Gasteiger partial charge in [0.05, 0.1) is 29.4 Å². The molecule has 198 valence electrons. The Morgan fingerprint density at radius 2 is 1.62 bits per heavy atom. The molecule has 0 amide bonds. The number of nitrogens with zero attached hydrogens (tertiary/aromatic N) is 3. The molecule has 1 aromatic heterocycles. The number of nitrogens with one attached hydrogen (secondary N) is 1. The van der Waals surface area contributed by atoms with E-state index in [1.165, 1.54) is 55.6 Å². The van der Waals surface area contributed by atoms with Crippen LogP contribution in [0, 0.1) is 0 Å². The lowest BCUT2D eigenvalue weighted by atomic mass is 9.98. The smallest absolute Gasteiger partial charge is 0.451 e. The lowest BCUT2D eigenvalue weighted by Gasteiger charge is -2.31. The van der Waals surface area contributed by atoms with Crippen LogP contribution in [0.25, 0.3) is 22.4 Å². The first kappa shape index (κ1) is 27.1. The topological polar surface area (TPSA) is 125 Å². The molecule has 1 saturated heterocycles. The minimum atomic E-state index is -4.83. The van der Waals surface area contributed by atoms with Gasteiger partial charge in [-0.05, 0) is 30.3 Å². The number of anilines is 1. The molecule has 1 aliphatic rings. The van der Waals surface area contributed by atoms with Crippen LogP contribution in [0.1, 0.15) is 11.4 Å². The summed E-state index contributed by atoms with van der Waals surface area (Å²) in [5.74, 6) is -1.54. The van der Waals surface area contributed by atoms with Gasteiger partial charge in [-0.2, -0.15) is 13.2 Å². The molecule has 0 saturated carbocycles. The number of morpholine rings is 1. The fourth-order valence-corrected chi connectivity index (χ4v) is 5.06. The molecule has 0 aliphatic carbocycles. The Kier molecular flexibility index (Phi) is 7.94. The largest absolute Gasteiger partial charge is 0.772 e. The summed E-state index contributed by atoms with van der Waals surface area (Å²) in [5, 5.41) is 0. The predicted octanol–water partition coefficient (Wildman–Crippen LogP) is 2.95. The number of alkyl halides is 3. The lowest BCUT2D eigenvalue weighted by Crippen LogP contribution is -2.37. The molecular formula is C23H22F3N4O5S2-. The van der Waals surface area contributed by atoms with E-state index in [-0.39, 0.29) is 27.7 Å². The molecular weight excluding hydrogens is 533 g/mol. The molecule has 0 spiro atoms. The zero-order chi connectivity index (χ0) is 26.8. The van der Waals surface area contributed by atoms with Crippen LogP contribution >= 0.6 is 0 Å². The van der Waals surface area contributed by atoms with Gasteiger partial charge in [0.15, 0.2) is 0 Å². The fourth-order valence-electron chi connectivity index (χ4n) is 3.87. The third-order valence-corrected chi connectivity index (χ3v) is 7.69. The zero-order valence-electron chi connectivity index (χ0n) is 19.5. The maximum atomic E-state index is 13.9. The average Bonchev–Trinajstić information content (AvgIpc) is 2.88. The molecule has 14 heteroatoms. The van der Waals surface area contributed by atoms with Crippen molar-refractivity contribution in [2.45, 2.75) is 16.8 Å². The minimum absolute atomic E-state index is 0.0176. The molecule has 37 heavy (non-hydrogen) atoms. The average molecular weight is 556 g/mol. The Morgan fingerprint density at radius 1 is 1.03 bits per heavy atom. The van der Waals surface area contributed by atoms with E-state index in [2.05, 4.69) is 14.7 Å². The Balaban J connectivity index is 1.96. The van der Waals surface area contributed by atoms with Crippen LogP contribution in [0.3, 0.4) is 0 Å². The van der Waals surface area contributed by atoms with Crippen LogP contribution in [-0.4, -0.2) is 60.5 Å². The maximum Gasteiger partial charge on any atom is 0.451 e. The SMILES string of the molecule is CNS(=O)(=O)c1ccc(-c2c(-c3ccc(CS(=O)[O-])cc3)nc(C(F)(F)F)nc2N2CCOCC2)cc1. The van der Waals surface area contributed by atoms with Gasteiger partial charge in [-0.1, -0.05) is 47.5 Å². The van der Waals surface area contributed by atoms with E-state index in [0.717, 1.165) is 0 Å². The first-order chi connectivity index (χ1) is 17.5. The van der Waals surface area contributed by atoms with Gasteiger partial charge in [0.1, 0.15) is 5.82 Å². The lowest BCUT2D eigenvalue weighted by molar-refractivity contribution is -0.144. The Hall–Kier alpha value is -2.91. The highest BCUT2D eigenvalue weighted by molar-refractivity contribution is 7.89. The van der Waals surface area contributed by atoms with Crippen LogP contribution < -0.4 is 9.62 Å². The van der Waals surface area contributed by atoms with E-state index in [4.69, 9.17) is 4.74 Å². The van der Waals surface area contributed by atoms with Gasteiger partial charge in [-0.25, -0.2) is 23.1 Å². The van der Waals surface area contributed by atoms with Crippen molar-refractivity contribution >= 4 is 26.9 Å². The summed E-state index contributed by atoms with van der Waals surface area (Å²) in [6.07, 6.45) is -4.83. The molecule has 0 radical (unpaired) electrons. The van der Waals surface area contributed by atoms with Gasteiger partial charge in [0.2, 0.25) is 15.8 Å². The van der Waals surface area contributed by atoms with E-state index in [1.807, 2.05) is 0 Å². The summed E-state index contributed by atoms with van der Waals surface area (Å²) in [6.45, 7) is 1.17. The van der Waals surface area contributed by atoms with E-state index in [9.17, 15) is 30.4 Å². The van der Waals surface area contributed by atoms with Crippen LogP contribution in [-0.2, 0) is 37.8 Å². The molecule has 1 N–H and O–H groups in total. The van der Waals surface area contributed by atoms with Crippen LogP contribution in [0.15, 0.2) is 53.4 Å². The predicted molar refractivity (Wildman–Crippen MR) is 130 cm³/mol. The van der Waals surface area contributed by atoms with E-state index >= 15 is 0 Å². The number of hydrogen-bond donors (Lipinski definition) is 1. The number of benzene rings is 2. The van der Waals surface area contributed by atoms with Crippen LogP contribution in [0.4, 0.5) is 19.0 Å². The Morgan fingerprint density at radius 3 is 2.16 bits per heavy atom. The number of sulfonamides is 1. The van der Waals surface area contributed by atoms with Gasteiger partial charge >= 0.3 is 6.18 Å². The van der Waals surface area contributed by atoms with Crippen molar-refractivity contribution in [3.8, 4) is 22.4 Å². The molecule has 9 nitrogen and oxygen atoms in total. The second-order valence-corrected chi connectivity index (χ2v) is 10.9. The van der Waals surface area contributed by atoms with Crippen molar-refractivity contribution in [3.05, 3.63) is 59.9 Å². The standard InChI is InChI=1S/C23H23F3N4O5S2/c1-27-37(33,34)18-8-6-16(7-9-18)19-20(17-4-2-15(3-5-17)14-36(31)32)28-22(23(24,25)26)29-21(19)30-10-12-35-13-11-30/h2-9,27H,10-14H2,1H3,(H,31,32)/p-1. The Labute approximate surface area is 214 Å². The normalized spacial score (nSPS) is 15.5. The van der Waals surface area contributed by atoms with Crippen molar-refractivity contribution in [2.75, 3.05) is 38.3 Å². The van der Waals surface area contributed by atoms with E-state index in [1.54, 1.807) is 4.90 Å². The van der Waals surface area contributed by atoms with Gasteiger partial charge in [-0.15, -0.1) is 0 Å². The van der Waals surface area contributed by atoms with Crippen molar-refractivity contribution in [1.29, 1.82) is 0 Å². The van der Waals surface area contributed by atoms with Crippen molar-refractivity contribution in [1.82, 2.24) is 14.7 Å². The minimum Gasteiger partial charge on any atom is -0.772 e. The van der Waals surface area contributed by atoms with Crippen LogP contribution in [0.5, 0.6) is 0 Å². The van der Waals surface area contributed by atoms with E-state index in [0.29, 0.717) is 43.0 Å². The second-order valence-electron chi connectivity index (χ2n) is 8.07. The first-order valence-corrected chi connectivity index (χ1v) is 13.7. The fraction of sp³-hybridized carbons (Fsp3) is 0.304. The highest BCUT2D eigenvalue weighted by Gasteiger charge is 2.37. The maximum absolute atomic E-state index is 13.9. The highest BCUT2D eigenvalue weighted by Crippen LogP contribution is 2.41. The third-order valence-electron chi connectivity index (χ3n) is 5.69. The van der Waals surface area contributed by atoms with Gasteiger partial charge < -0.3 is 14.2 Å². The summed E-state index contributed by atoms with van der Waals surface area (Å²) in [5.41, 5.74) is 1.43. The number of aromatic nitrogens is 2. The van der Waals surface area contributed by atoms with Gasteiger partial charge in [0.25, 0.3) is 0 Å². The molecule has 1 atom stereocenters. The summed E-state index contributed by atoms with van der Waals surface area (Å²) < 4.78 is 95.7. The highest BCUT2D eigenvalue weighted by atomic mass is 32.2. The van der Waals surface area contributed by atoms with Crippen molar-refractivity contribution in [3.63, 3.8) is 0 Å². The van der Waals surface area contributed by atoms with Crippen LogP contribution in [0.2, 0.25) is 0 Å². The molecule has 1 fully saturated rings. The number of halogens is 3. The molecule has 4 rings (SSSR count). The summed E-state index contributed by atoms with van der Waals surface area (Å²) in [7, 11) is -2.47. The van der Waals surface area contributed by atoms with Crippen molar-refractivity contribution < 1.29 is 35.1 Å². The zero-order valence-corrected chi connectivity index (χ0v) is 21.1. The van der Waals surface area contributed by atoms with E-state index < -0.39 is 33.1 Å². The first-order valence-electron chi connectivity index (χ1n) is 11.0. The number of rotatable bonds is 7. The number of ether oxygens (including phenoxy) is 1. The quantitative estimate of drug-likeness (QED) is 0.442. The van der Waals surface area contributed by atoms with Gasteiger partial charge in [-0.3, -0.25) is 4.21 Å². The second kappa shape index (κ2) is 10.8. The third kappa shape index (κ3) is 6.15. The molecule has 2 heterocycles. The molecule has 2 aromatic carbocycles.